The van der Waals surface area contributed by atoms with Crippen LogP contribution in [0.15, 0.2) is 12.2 Å². The number of aliphatic carboxylic acids is 1. The van der Waals surface area contributed by atoms with Crippen LogP contribution in [-0.2, 0) is 4.79 Å². The molecule has 1 fully saturated rings. The summed E-state index contributed by atoms with van der Waals surface area (Å²) in [5, 5.41) is 9.15. The van der Waals surface area contributed by atoms with E-state index in [1.165, 1.54) is 32.1 Å². The second-order valence-electron chi connectivity index (χ2n) is 5.85. The van der Waals surface area contributed by atoms with E-state index in [0.29, 0.717) is 0 Å². The van der Waals surface area contributed by atoms with Crippen molar-refractivity contribution >= 4 is 17.6 Å². The van der Waals surface area contributed by atoms with Crippen molar-refractivity contribution in [3.63, 3.8) is 0 Å². The molecule has 0 amide bonds. The fourth-order valence-electron chi connectivity index (χ4n) is 2.63. The zero-order valence-electron chi connectivity index (χ0n) is 11.7. The number of halogens is 1. The summed E-state index contributed by atoms with van der Waals surface area (Å²) in [6.07, 6.45) is 11.5. The molecule has 0 aromatic carbocycles. The minimum Gasteiger partial charge on any atom is -0.480 e. The predicted octanol–water partition coefficient (Wildman–Crippen LogP) is 4.62. The highest BCUT2D eigenvalue weighted by atomic mass is 35.5. The van der Waals surface area contributed by atoms with Crippen LogP contribution in [0.5, 0.6) is 0 Å². The summed E-state index contributed by atoms with van der Waals surface area (Å²) in [7, 11) is 0. The Kier molecular flexibility index (Phi) is 5.27. The number of carbonyl (C=O) groups is 1. The fraction of sp³-hybridized carbons (Fsp3) is 0.800. The smallest absolute Gasteiger partial charge is 0.325 e. The normalized spacial score (nSPS) is 29.7. The minimum atomic E-state index is -1.09. The number of rotatable bonds is 8. The quantitative estimate of drug-likeness (QED) is 0.398. The Hall–Kier alpha value is -0.500. The van der Waals surface area contributed by atoms with Crippen molar-refractivity contribution in [2.24, 2.45) is 11.3 Å². The van der Waals surface area contributed by atoms with Gasteiger partial charge in [0.2, 0.25) is 0 Å². The summed E-state index contributed by atoms with van der Waals surface area (Å²) in [5.74, 6) is -0.938. The third-order valence-corrected chi connectivity index (χ3v) is 5.06. The molecule has 0 spiro atoms. The second-order valence-corrected chi connectivity index (χ2v) is 6.44. The van der Waals surface area contributed by atoms with E-state index < -0.39 is 10.8 Å². The average Bonchev–Trinajstić information content (AvgIpc) is 2.74. The number of hydrogen-bond acceptors (Lipinski definition) is 1. The van der Waals surface area contributed by atoms with Crippen LogP contribution < -0.4 is 0 Å². The summed E-state index contributed by atoms with van der Waals surface area (Å²) in [6.45, 7) is 6.05. The van der Waals surface area contributed by atoms with Gasteiger partial charge in [-0.2, -0.15) is 0 Å². The molecule has 0 saturated heterocycles. The van der Waals surface area contributed by atoms with Crippen LogP contribution >= 0.6 is 11.6 Å². The predicted molar refractivity (Wildman–Crippen MR) is 76.0 cm³/mol. The highest BCUT2D eigenvalue weighted by Crippen LogP contribution is 2.66. The maximum Gasteiger partial charge on any atom is 0.325 e. The zero-order valence-corrected chi connectivity index (χ0v) is 12.5. The third kappa shape index (κ3) is 2.90. The van der Waals surface area contributed by atoms with E-state index in [1.807, 2.05) is 19.9 Å². The van der Waals surface area contributed by atoms with E-state index in [-0.39, 0.29) is 11.3 Å². The first-order valence-corrected chi connectivity index (χ1v) is 7.35. The van der Waals surface area contributed by atoms with Gasteiger partial charge in [0.25, 0.3) is 0 Å². The molecule has 18 heavy (non-hydrogen) atoms. The lowest BCUT2D eigenvalue weighted by atomic mass is 10.1. The van der Waals surface area contributed by atoms with Crippen LogP contribution in [0.3, 0.4) is 0 Å². The molecular weight excluding hydrogens is 248 g/mol. The lowest BCUT2D eigenvalue weighted by Crippen LogP contribution is -2.21. The Morgan fingerprint density at radius 2 is 1.89 bits per heavy atom. The maximum absolute atomic E-state index is 11.2. The minimum absolute atomic E-state index is 0.0418. The topological polar surface area (TPSA) is 37.3 Å². The lowest BCUT2D eigenvalue weighted by molar-refractivity contribution is -0.138. The van der Waals surface area contributed by atoms with E-state index in [4.69, 9.17) is 16.7 Å². The van der Waals surface area contributed by atoms with Gasteiger partial charge in [0, 0.05) is 11.3 Å². The van der Waals surface area contributed by atoms with Crippen LogP contribution in [0, 0.1) is 11.3 Å². The van der Waals surface area contributed by atoms with Crippen LogP contribution in [-0.4, -0.2) is 16.0 Å². The van der Waals surface area contributed by atoms with Crippen LogP contribution in [0.2, 0.25) is 0 Å². The zero-order chi connectivity index (χ0) is 13.8. The van der Waals surface area contributed by atoms with E-state index in [0.717, 1.165) is 6.42 Å². The van der Waals surface area contributed by atoms with Crippen molar-refractivity contribution < 1.29 is 9.90 Å². The summed E-state index contributed by atoms with van der Waals surface area (Å²) in [4.78, 5) is 10.1. The lowest BCUT2D eigenvalue weighted by Gasteiger charge is -2.03. The number of hydrogen-bond donors (Lipinski definition) is 1. The molecule has 0 aliphatic heterocycles. The highest BCUT2D eigenvalue weighted by molar-refractivity contribution is 6.37. The van der Waals surface area contributed by atoms with Gasteiger partial charge in [0.05, 0.1) is 0 Å². The van der Waals surface area contributed by atoms with Crippen molar-refractivity contribution in [3.8, 4) is 0 Å². The molecule has 104 valence electrons. The Morgan fingerprint density at radius 3 is 2.39 bits per heavy atom. The van der Waals surface area contributed by atoms with Gasteiger partial charge < -0.3 is 5.11 Å². The molecule has 0 heterocycles. The number of carboxylic acids is 1. The summed E-state index contributed by atoms with van der Waals surface area (Å²) < 4.78 is 0. The summed E-state index contributed by atoms with van der Waals surface area (Å²) in [5.41, 5.74) is -0.334. The van der Waals surface area contributed by atoms with Gasteiger partial charge >= 0.3 is 5.97 Å². The first-order chi connectivity index (χ1) is 8.39. The average molecular weight is 273 g/mol. The molecule has 1 saturated carbocycles. The Morgan fingerprint density at radius 1 is 1.28 bits per heavy atom. The van der Waals surface area contributed by atoms with Gasteiger partial charge in [-0.3, -0.25) is 4.79 Å². The third-order valence-electron chi connectivity index (χ3n) is 4.17. The summed E-state index contributed by atoms with van der Waals surface area (Å²) in [6, 6.07) is 0. The van der Waals surface area contributed by atoms with Crippen molar-refractivity contribution in [3.05, 3.63) is 12.2 Å². The molecule has 0 aromatic heterocycles. The first-order valence-electron chi connectivity index (χ1n) is 6.98. The second kappa shape index (κ2) is 6.10. The van der Waals surface area contributed by atoms with Crippen molar-refractivity contribution in [2.45, 2.75) is 64.2 Å². The van der Waals surface area contributed by atoms with Crippen molar-refractivity contribution in [2.75, 3.05) is 0 Å². The van der Waals surface area contributed by atoms with Crippen molar-refractivity contribution in [1.82, 2.24) is 0 Å². The summed E-state index contributed by atoms with van der Waals surface area (Å²) >= 11 is 6.17. The number of unbranched alkanes of at least 4 members (excludes halogenated alkanes) is 5. The molecule has 2 unspecified atom stereocenters. The molecule has 3 heteroatoms. The van der Waals surface area contributed by atoms with E-state index in [9.17, 15) is 4.79 Å². The largest absolute Gasteiger partial charge is 0.480 e. The molecule has 1 N–H and O–H groups in total. The van der Waals surface area contributed by atoms with Crippen molar-refractivity contribution in [1.29, 1.82) is 0 Å². The monoisotopic (exact) mass is 272 g/mol. The van der Waals surface area contributed by atoms with E-state index in [2.05, 4.69) is 13.0 Å². The maximum atomic E-state index is 11.2. The van der Waals surface area contributed by atoms with E-state index in [1.54, 1.807) is 0 Å². The molecule has 2 nitrogen and oxygen atoms in total. The number of carboxylic acid groups (broad SMARTS) is 1. The van der Waals surface area contributed by atoms with Gasteiger partial charge in [-0.15, -0.1) is 11.6 Å². The molecule has 1 aliphatic rings. The van der Waals surface area contributed by atoms with Crippen LogP contribution in [0.1, 0.15) is 59.3 Å². The molecule has 2 atom stereocenters. The van der Waals surface area contributed by atoms with E-state index >= 15 is 0 Å². The molecule has 0 bridgehead atoms. The van der Waals surface area contributed by atoms with Crippen LogP contribution in [0.25, 0.3) is 0 Å². The number of alkyl halides is 1. The standard InChI is InChI=1S/C15H25ClO2/c1-4-5-6-7-8-9-10-11-12-14(2,3)15(12,16)13(17)18/h10-12H,4-9H2,1-3H3,(H,17,18). The Balaban J connectivity index is 2.30. The van der Waals surface area contributed by atoms with Gasteiger partial charge in [-0.25, -0.2) is 0 Å². The Bertz CT molecular complexity index is 322. The van der Waals surface area contributed by atoms with Gasteiger partial charge in [0.1, 0.15) is 0 Å². The van der Waals surface area contributed by atoms with Gasteiger partial charge in [-0.1, -0.05) is 58.6 Å². The van der Waals surface area contributed by atoms with Crippen LogP contribution in [0.4, 0.5) is 0 Å². The SMILES string of the molecule is CCCCCCCC=CC1C(C)(C)C1(Cl)C(=O)O. The molecular formula is C15H25ClO2. The Labute approximate surface area is 115 Å². The fourth-order valence-corrected chi connectivity index (χ4v) is 3.04. The highest BCUT2D eigenvalue weighted by Gasteiger charge is 2.74. The van der Waals surface area contributed by atoms with Gasteiger partial charge in [0.15, 0.2) is 4.87 Å². The molecule has 1 rings (SSSR count). The molecule has 0 aromatic rings. The molecule has 0 radical (unpaired) electrons. The molecule has 1 aliphatic carbocycles. The number of allylic oxidation sites excluding steroid dienone is 2. The first kappa shape index (κ1) is 15.6. The van der Waals surface area contributed by atoms with Gasteiger partial charge in [-0.05, 0) is 12.8 Å².